The Labute approximate surface area is 77.8 Å². The van der Waals surface area contributed by atoms with Gasteiger partial charge in [0.15, 0.2) is 0 Å². The molecule has 0 aliphatic carbocycles. The van der Waals surface area contributed by atoms with Crippen LogP contribution in [0.2, 0.25) is 0 Å². The van der Waals surface area contributed by atoms with Gasteiger partial charge in [0, 0.05) is 6.92 Å². The zero-order valence-electron chi connectivity index (χ0n) is 7.83. The molecule has 0 spiro atoms. The number of hydrogen-bond acceptors (Lipinski definition) is 2. The minimum absolute atomic E-state index is 0.303. The first-order valence-electron chi connectivity index (χ1n) is 4.04. The molecule has 1 rings (SSSR count). The molecule has 1 aromatic carbocycles. The maximum atomic E-state index is 10.6. The average molecular weight is 176 g/mol. The third kappa shape index (κ3) is 2.75. The van der Waals surface area contributed by atoms with E-state index in [1.165, 1.54) is 6.92 Å². The van der Waals surface area contributed by atoms with E-state index < -0.39 is 0 Å². The minimum Gasteiger partial charge on any atom is -0.427 e. The Morgan fingerprint density at radius 1 is 1.23 bits per heavy atom. The third-order valence-corrected chi connectivity index (χ3v) is 1.61. The van der Waals surface area contributed by atoms with E-state index in [1.54, 1.807) is 12.1 Å². The smallest absolute Gasteiger partial charge is 0.308 e. The summed E-state index contributed by atoms with van der Waals surface area (Å²) in [5, 5.41) is 0. The van der Waals surface area contributed by atoms with Gasteiger partial charge in [-0.05, 0) is 24.6 Å². The van der Waals surface area contributed by atoms with Gasteiger partial charge >= 0.3 is 5.97 Å². The molecule has 0 bridgehead atoms. The summed E-state index contributed by atoms with van der Waals surface area (Å²) in [5.41, 5.74) is 2.05. The largest absolute Gasteiger partial charge is 0.427 e. The molecule has 0 amide bonds. The van der Waals surface area contributed by atoms with Crippen LogP contribution in [0, 0.1) is 0 Å². The fraction of sp³-hybridized carbons (Fsp3) is 0.182. The van der Waals surface area contributed by atoms with Gasteiger partial charge < -0.3 is 4.74 Å². The molecule has 0 heterocycles. The third-order valence-electron chi connectivity index (χ3n) is 1.61. The molecule has 2 heteroatoms. The van der Waals surface area contributed by atoms with Crippen LogP contribution in [0.25, 0.3) is 5.57 Å². The highest BCUT2D eigenvalue weighted by atomic mass is 16.5. The lowest BCUT2D eigenvalue weighted by Gasteiger charge is -2.02. The molecule has 0 radical (unpaired) electrons. The van der Waals surface area contributed by atoms with Crippen LogP contribution in [0.15, 0.2) is 30.8 Å². The second kappa shape index (κ2) is 3.90. The minimum atomic E-state index is -0.303. The first kappa shape index (κ1) is 9.52. The van der Waals surface area contributed by atoms with Crippen molar-refractivity contribution < 1.29 is 9.53 Å². The summed E-state index contributed by atoms with van der Waals surface area (Å²) in [6.45, 7) is 7.12. The molecule has 0 saturated heterocycles. The molecular formula is C11H12O2. The average Bonchev–Trinajstić information content (AvgIpc) is 2.04. The zero-order valence-corrected chi connectivity index (χ0v) is 7.83. The predicted molar refractivity (Wildman–Crippen MR) is 52.5 cm³/mol. The van der Waals surface area contributed by atoms with Crippen LogP contribution in [0.1, 0.15) is 19.4 Å². The molecule has 13 heavy (non-hydrogen) atoms. The summed E-state index contributed by atoms with van der Waals surface area (Å²) in [4.78, 5) is 10.6. The topological polar surface area (TPSA) is 26.3 Å². The fourth-order valence-corrected chi connectivity index (χ4v) is 0.973. The highest BCUT2D eigenvalue weighted by Gasteiger charge is 1.97. The highest BCUT2D eigenvalue weighted by Crippen LogP contribution is 2.16. The maximum absolute atomic E-state index is 10.6. The molecule has 0 aliphatic rings. The van der Waals surface area contributed by atoms with Crippen molar-refractivity contribution in [2.24, 2.45) is 0 Å². The lowest BCUT2D eigenvalue weighted by molar-refractivity contribution is -0.131. The maximum Gasteiger partial charge on any atom is 0.308 e. The van der Waals surface area contributed by atoms with Crippen molar-refractivity contribution in [2.45, 2.75) is 13.8 Å². The van der Waals surface area contributed by atoms with Crippen molar-refractivity contribution in [3.8, 4) is 5.75 Å². The van der Waals surface area contributed by atoms with Gasteiger partial charge in [-0.15, -0.1) is 0 Å². The second-order valence-corrected chi connectivity index (χ2v) is 2.90. The van der Waals surface area contributed by atoms with Gasteiger partial charge in [0.05, 0.1) is 0 Å². The van der Waals surface area contributed by atoms with Crippen molar-refractivity contribution in [2.75, 3.05) is 0 Å². The van der Waals surface area contributed by atoms with Crippen LogP contribution in [0.5, 0.6) is 5.75 Å². The summed E-state index contributed by atoms with van der Waals surface area (Å²) >= 11 is 0. The molecule has 0 fully saturated rings. The molecule has 0 aliphatic heterocycles. The van der Waals surface area contributed by atoms with Crippen LogP contribution < -0.4 is 4.74 Å². The standard InChI is InChI=1S/C11H12O2/c1-8(2)10-4-6-11(7-5-10)13-9(3)12/h4-7H,1H2,2-3H3. The Morgan fingerprint density at radius 2 is 1.77 bits per heavy atom. The number of esters is 1. The fourth-order valence-electron chi connectivity index (χ4n) is 0.973. The molecular weight excluding hydrogens is 164 g/mol. The molecule has 0 unspecified atom stereocenters. The molecule has 0 aromatic heterocycles. The summed E-state index contributed by atoms with van der Waals surface area (Å²) in [6.07, 6.45) is 0. The van der Waals surface area contributed by atoms with Gasteiger partial charge in [0.2, 0.25) is 0 Å². The second-order valence-electron chi connectivity index (χ2n) is 2.90. The van der Waals surface area contributed by atoms with E-state index in [2.05, 4.69) is 6.58 Å². The number of carbonyl (C=O) groups is 1. The molecule has 2 nitrogen and oxygen atoms in total. The van der Waals surface area contributed by atoms with Crippen LogP contribution in [0.4, 0.5) is 0 Å². The van der Waals surface area contributed by atoms with Gasteiger partial charge in [0.25, 0.3) is 0 Å². The summed E-state index contributed by atoms with van der Waals surface area (Å²) in [6, 6.07) is 7.26. The van der Waals surface area contributed by atoms with Gasteiger partial charge in [-0.2, -0.15) is 0 Å². The number of hydrogen-bond donors (Lipinski definition) is 0. The van der Waals surface area contributed by atoms with Gasteiger partial charge in [-0.3, -0.25) is 4.79 Å². The van der Waals surface area contributed by atoms with Crippen molar-refractivity contribution in [1.29, 1.82) is 0 Å². The Hall–Kier alpha value is -1.57. The van der Waals surface area contributed by atoms with Crippen molar-refractivity contribution in [3.05, 3.63) is 36.4 Å². The van der Waals surface area contributed by atoms with E-state index >= 15 is 0 Å². The molecule has 68 valence electrons. The first-order chi connectivity index (χ1) is 6.09. The summed E-state index contributed by atoms with van der Waals surface area (Å²) < 4.78 is 4.88. The summed E-state index contributed by atoms with van der Waals surface area (Å²) in [5.74, 6) is 0.264. The number of benzene rings is 1. The SMILES string of the molecule is C=C(C)c1ccc(OC(C)=O)cc1. The van der Waals surface area contributed by atoms with Crippen molar-refractivity contribution in [1.82, 2.24) is 0 Å². The molecule has 1 aromatic rings. The molecule has 0 atom stereocenters. The first-order valence-corrected chi connectivity index (χ1v) is 4.04. The van der Waals surface area contributed by atoms with E-state index in [-0.39, 0.29) is 5.97 Å². The van der Waals surface area contributed by atoms with E-state index in [0.29, 0.717) is 5.75 Å². The number of carbonyl (C=O) groups excluding carboxylic acids is 1. The van der Waals surface area contributed by atoms with Crippen LogP contribution in [-0.2, 0) is 4.79 Å². The Kier molecular flexibility index (Phi) is 2.85. The van der Waals surface area contributed by atoms with Crippen LogP contribution in [0.3, 0.4) is 0 Å². The Morgan fingerprint density at radius 3 is 2.15 bits per heavy atom. The quantitative estimate of drug-likeness (QED) is 0.511. The lowest BCUT2D eigenvalue weighted by Crippen LogP contribution is -2.00. The number of allylic oxidation sites excluding steroid dienone is 1. The molecule has 0 saturated carbocycles. The van der Waals surface area contributed by atoms with Crippen LogP contribution in [-0.4, -0.2) is 5.97 Å². The van der Waals surface area contributed by atoms with Gasteiger partial charge in [0.1, 0.15) is 5.75 Å². The van der Waals surface area contributed by atoms with E-state index in [0.717, 1.165) is 11.1 Å². The van der Waals surface area contributed by atoms with Crippen molar-refractivity contribution in [3.63, 3.8) is 0 Å². The lowest BCUT2D eigenvalue weighted by atomic mass is 10.1. The van der Waals surface area contributed by atoms with E-state index in [9.17, 15) is 4.79 Å². The monoisotopic (exact) mass is 176 g/mol. The van der Waals surface area contributed by atoms with E-state index in [1.807, 2.05) is 19.1 Å². The van der Waals surface area contributed by atoms with E-state index in [4.69, 9.17) is 4.74 Å². The number of rotatable bonds is 2. The van der Waals surface area contributed by atoms with Crippen LogP contribution >= 0.6 is 0 Å². The van der Waals surface area contributed by atoms with Crippen molar-refractivity contribution >= 4 is 11.5 Å². The molecule has 0 N–H and O–H groups in total. The Bertz CT molecular complexity index is 322. The van der Waals surface area contributed by atoms with Gasteiger partial charge in [-0.25, -0.2) is 0 Å². The zero-order chi connectivity index (χ0) is 9.84. The Balaban J connectivity index is 2.81. The number of ether oxygens (including phenoxy) is 1. The predicted octanol–water partition coefficient (Wildman–Crippen LogP) is 2.65. The summed E-state index contributed by atoms with van der Waals surface area (Å²) in [7, 11) is 0. The normalized spacial score (nSPS) is 9.38. The van der Waals surface area contributed by atoms with Gasteiger partial charge in [-0.1, -0.05) is 24.3 Å². The highest BCUT2D eigenvalue weighted by molar-refractivity contribution is 5.69.